The van der Waals surface area contributed by atoms with Gasteiger partial charge in [0.15, 0.2) is 0 Å². The predicted molar refractivity (Wildman–Crippen MR) is 105 cm³/mol. The Kier molecular flexibility index (Phi) is 6.78. The second kappa shape index (κ2) is 9.04. The van der Waals surface area contributed by atoms with Crippen molar-refractivity contribution < 1.29 is 9.59 Å². The summed E-state index contributed by atoms with van der Waals surface area (Å²) in [5.74, 6) is -0.130. The van der Waals surface area contributed by atoms with E-state index in [-0.39, 0.29) is 17.9 Å². The maximum Gasteiger partial charge on any atom is 0.319 e. The molecule has 0 radical (unpaired) electrons. The molecule has 2 aromatic rings. The van der Waals surface area contributed by atoms with Gasteiger partial charge in [-0.1, -0.05) is 56.3 Å². The second-order valence-electron chi connectivity index (χ2n) is 6.81. The molecule has 138 valence electrons. The van der Waals surface area contributed by atoms with Crippen LogP contribution in [-0.4, -0.2) is 29.9 Å². The van der Waals surface area contributed by atoms with E-state index in [0.29, 0.717) is 12.2 Å². The first kappa shape index (κ1) is 19.5. The van der Waals surface area contributed by atoms with E-state index in [0.717, 1.165) is 11.1 Å². The summed E-state index contributed by atoms with van der Waals surface area (Å²) in [6.45, 7) is 6.38. The number of urea groups is 1. The molecule has 0 saturated carbocycles. The Bertz CT molecular complexity index is 744. The number of rotatable bonds is 6. The Hall–Kier alpha value is -2.82. The van der Waals surface area contributed by atoms with Crippen LogP contribution in [0.25, 0.3) is 0 Å². The smallest absolute Gasteiger partial charge is 0.319 e. The minimum Gasteiger partial charge on any atom is -0.340 e. The fourth-order valence-corrected chi connectivity index (χ4v) is 2.70. The highest BCUT2D eigenvalue weighted by molar-refractivity contribution is 5.93. The highest BCUT2D eigenvalue weighted by Crippen LogP contribution is 2.13. The van der Waals surface area contributed by atoms with Crippen LogP contribution in [0.2, 0.25) is 0 Å². The number of anilines is 1. The monoisotopic (exact) mass is 353 g/mol. The van der Waals surface area contributed by atoms with Crippen LogP contribution in [0.15, 0.2) is 54.6 Å². The lowest BCUT2D eigenvalue weighted by molar-refractivity contribution is -0.133. The van der Waals surface area contributed by atoms with Crippen molar-refractivity contribution in [2.75, 3.05) is 12.4 Å². The van der Waals surface area contributed by atoms with Gasteiger partial charge in [0.25, 0.3) is 0 Å². The quantitative estimate of drug-likeness (QED) is 0.830. The maximum absolute atomic E-state index is 12.9. The molecule has 0 heterocycles. The highest BCUT2D eigenvalue weighted by Gasteiger charge is 2.27. The number of likely N-dealkylation sites (N-methyl/N-ethyl adjacent to an activating group) is 1. The number of aryl methyl sites for hydroxylation is 1. The van der Waals surface area contributed by atoms with Crippen molar-refractivity contribution in [3.8, 4) is 0 Å². The van der Waals surface area contributed by atoms with Crippen molar-refractivity contribution in [1.29, 1.82) is 0 Å². The zero-order valence-corrected chi connectivity index (χ0v) is 15.8. The highest BCUT2D eigenvalue weighted by atomic mass is 16.2. The Morgan fingerprint density at radius 2 is 1.62 bits per heavy atom. The molecule has 0 fully saturated rings. The third-order valence-corrected chi connectivity index (χ3v) is 4.30. The van der Waals surface area contributed by atoms with E-state index in [4.69, 9.17) is 0 Å². The van der Waals surface area contributed by atoms with E-state index in [1.807, 2.05) is 63.2 Å². The van der Waals surface area contributed by atoms with E-state index in [1.165, 1.54) is 0 Å². The molecule has 5 heteroatoms. The van der Waals surface area contributed by atoms with Crippen LogP contribution in [-0.2, 0) is 11.3 Å². The summed E-state index contributed by atoms with van der Waals surface area (Å²) in [5.41, 5.74) is 2.93. The van der Waals surface area contributed by atoms with Gasteiger partial charge in [0.05, 0.1) is 0 Å². The van der Waals surface area contributed by atoms with Gasteiger partial charge in [-0.05, 0) is 36.1 Å². The van der Waals surface area contributed by atoms with E-state index in [9.17, 15) is 9.59 Å². The minimum absolute atomic E-state index is 0.0247. The Morgan fingerprint density at radius 1 is 1.00 bits per heavy atom. The first-order valence-electron chi connectivity index (χ1n) is 8.80. The summed E-state index contributed by atoms with van der Waals surface area (Å²) in [6.07, 6.45) is 0. The molecule has 2 rings (SSSR count). The molecule has 0 aromatic heterocycles. The van der Waals surface area contributed by atoms with Gasteiger partial charge >= 0.3 is 6.03 Å². The van der Waals surface area contributed by atoms with Crippen LogP contribution in [0.1, 0.15) is 25.0 Å². The Morgan fingerprint density at radius 3 is 2.23 bits per heavy atom. The number of amides is 3. The molecule has 0 spiro atoms. The average molecular weight is 353 g/mol. The SMILES string of the molecule is Cc1ccccc1CN(C)C(=O)C(NC(=O)Nc1ccccc1)C(C)C. The van der Waals surface area contributed by atoms with Crippen molar-refractivity contribution in [2.24, 2.45) is 5.92 Å². The summed E-state index contributed by atoms with van der Waals surface area (Å²) in [5, 5.41) is 5.56. The van der Waals surface area contributed by atoms with Crippen LogP contribution < -0.4 is 10.6 Å². The largest absolute Gasteiger partial charge is 0.340 e. The van der Waals surface area contributed by atoms with Crippen molar-refractivity contribution >= 4 is 17.6 Å². The van der Waals surface area contributed by atoms with Gasteiger partial charge in [-0.3, -0.25) is 4.79 Å². The molecular formula is C21H27N3O2. The number of carbonyl (C=O) groups is 2. The fraction of sp³-hybridized carbons (Fsp3) is 0.333. The number of hydrogen-bond acceptors (Lipinski definition) is 2. The first-order chi connectivity index (χ1) is 12.4. The number of hydrogen-bond donors (Lipinski definition) is 2. The topological polar surface area (TPSA) is 61.4 Å². The van der Waals surface area contributed by atoms with Crippen molar-refractivity contribution in [3.05, 3.63) is 65.7 Å². The summed E-state index contributed by atoms with van der Waals surface area (Å²) in [4.78, 5) is 26.8. The van der Waals surface area contributed by atoms with Crippen LogP contribution >= 0.6 is 0 Å². The molecule has 0 aliphatic rings. The Balaban J connectivity index is 2.02. The van der Waals surface area contributed by atoms with E-state index in [1.54, 1.807) is 24.1 Å². The molecule has 1 atom stereocenters. The first-order valence-corrected chi connectivity index (χ1v) is 8.80. The van der Waals surface area contributed by atoms with E-state index in [2.05, 4.69) is 10.6 Å². The van der Waals surface area contributed by atoms with Gasteiger partial charge in [-0.15, -0.1) is 0 Å². The third-order valence-electron chi connectivity index (χ3n) is 4.30. The van der Waals surface area contributed by atoms with Crippen LogP contribution in [0.3, 0.4) is 0 Å². The predicted octanol–water partition coefficient (Wildman–Crippen LogP) is 3.80. The van der Waals surface area contributed by atoms with Crippen LogP contribution in [0.4, 0.5) is 10.5 Å². The van der Waals surface area contributed by atoms with Gasteiger partial charge in [0.2, 0.25) is 5.91 Å². The average Bonchev–Trinajstić information content (AvgIpc) is 2.61. The lowest BCUT2D eigenvalue weighted by Gasteiger charge is -2.27. The van der Waals surface area contributed by atoms with Crippen LogP contribution in [0.5, 0.6) is 0 Å². The Labute approximate surface area is 155 Å². The number of nitrogens with zero attached hydrogens (tertiary/aromatic N) is 1. The maximum atomic E-state index is 12.9. The summed E-state index contributed by atoms with van der Waals surface area (Å²) in [6, 6.07) is 16.2. The number of para-hydroxylation sites is 1. The zero-order chi connectivity index (χ0) is 19.1. The van der Waals surface area contributed by atoms with Crippen molar-refractivity contribution in [2.45, 2.75) is 33.4 Å². The molecule has 0 aliphatic heterocycles. The van der Waals surface area contributed by atoms with E-state index < -0.39 is 6.04 Å². The lowest BCUT2D eigenvalue weighted by atomic mass is 10.0. The number of carbonyl (C=O) groups excluding carboxylic acids is 2. The molecule has 0 bridgehead atoms. The normalized spacial score (nSPS) is 11.7. The second-order valence-corrected chi connectivity index (χ2v) is 6.81. The zero-order valence-electron chi connectivity index (χ0n) is 15.8. The lowest BCUT2D eigenvalue weighted by Crippen LogP contribution is -2.51. The van der Waals surface area contributed by atoms with Gasteiger partial charge in [0, 0.05) is 19.3 Å². The molecule has 0 aliphatic carbocycles. The molecule has 2 N–H and O–H groups in total. The number of nitrogens with one attached hydrogen (secondary N) is 2. The van der Waals surface area contributed by atoms with Gasteiger partial charge < -0.3 is 15.5 Å². The molecule has 26 heavy (non-hydrogen) atoms. The number of benzene rings is 2. The molecule has 2 aromatic carbocycles. The summed E-state index contributed by atoms with van der Waals surface area (Å²) in [7, 11) is 1.76. The van der Waals surface area contributed by atoms with Gasteiger partial charge in [0.1, 0.15) is 6.04 Å². The molecule has 0 saturated heterocycles. The molecule has 3 amide bonds. The van der Waals surface area contributed by atoms with Crippen LogP contribution in [0, 0.1) is 12.8 Å². The third kappa shape index (κ3) is 5.34. The summed E-state index contributed by atoms with van der Waals surface area (Å²) < 4.78 is 0. The van der Waals surface area contributed by atoms with Gasteiger partial charge in [-0.25, -0.2) is 4.79 Å². The van der Waals surface area contributed by atoms with E-state index >= 15 is 0 Å². The standard InChI is InChI=1S/C21H27N3O2/c1-15(2)19(23-21(26)22-18-12-6-5-7-13-18)20(25)24(4)14-17-11-9-8-10-16(17)3/h5-13,15,19H,14H2,1-4H3,(H2,22,23,26). The van der Waals surface area contributed by atoms with Crippen molar-refractivity contribution in [3.63, 3.8) is 0 Å². The molecular weight excluding hydrogens is 326 g/mol. The van der Waals surface area contributed by atoms with Gasteiger partial charge in [-0.2, -0.15) is 0 Å². The van der Waals surface area contributed by atoms with Crippen molar-refractivity contribution in [1.82, 2.24) is 10.2 Å². The minimum atomic E-state index is -0.590. The summed E-state index contributed by atoms with van der Waals surface area (Å²) >= 11 is 0. The molecule has 5 nitrogen and oxygen atoms in total. The molecule has 1 unspecified atom stereocenters. The fourth-order valence-electron chi connectivity index (χ4n) is 2.70.